The van der Waals surface area contributed by atoms with E-state index in [4.69, 9.17) is 0 Å². The summed E-state index contributed by atoms with van der Waals surface area (Å²) in [6, 6.07) is 0. The van der Waals surface area contributed by atoms with Gasteiger partial charge in [0.1, 0.15) is 0 Å². The van der Waals surface area contributed by atoms with Crippen LogP contribution in [0.3, 0.4) is 0 Å². The number of hydrogen-bond acceptors (Lipinski definition) is 3. The average Bonchev–Trinajstić information content (AvgIpc) is 2.93. The van der Waals surface area contributed by atoms with Gasteiger partial charge in [0.25, 0.3) is 0 Å². The largest absolute Gasteiger partial charge is 0.342 e. The van der Waals surface area contributed by atoms with Crippen LogP contribution >= 0.6 is 0 Å². The molecule has 0 aromatic rings. The summed E-state index contributed by atoms with van der Waals surface area (Å²) in [4.78, 5) is 16.5. The third-order valence-electron chi connectivity index (χ3n) is 4.24. The molecule has 1 N–H and O–H groups in total. The molecule has 18 heavy (non-hydrogen) atoms. The molecule has 0 bridgehead atoms. The van der Waals surface area contributed by atoms with Gasteiger partial charge in [0, 0.05) is 19.6 Å². The van der Waals surface area contributed by atoms with Gasteiger partial charge in [-0.3, -0.25) is 9.69 Å². The number of carbonyl (C=O) groups is 1. The number of likely N-dealkylation sites (N-methyl/N-ethyl adjacent to an activating group) is 1. The van der Waals surface area contributed by atoms with Gasteiger partial charge in [0.2, 0.25) is 5.91 Å². The van der Waals surface area contributed by atoms with Gasteiger partial charge >= 0.3 is 0 Å². The van der Waals surface area contributed by atoms with Gasteiger partial charge < -0.3 is 10.2 Å². The molecule has 2 fully saturated rings. The lowest BCUT2D eigenvalue weighted by atomic mass is 9.97. The molecule has 4 heteroatoms. The van der Waals surface area contributed by atoms with Crippen LogP contribution in [0.2, 0.25) is 0 Å². The molecule has 0 aromatic heterocycles. The molecular weight excluding hydrogens is 226 g/mol. The zero-order valence-corrected chi connectivity index (χ0v) is 11.7. The Balaban J connectivity index is 1.75. The fourth-order valence-corrected chi connectivity index (χ4v) is 2.99. The standard InChI is InChI=1S/C14H27N3O/c1-2-16(11-13-5-7-15-8-6-13)12-14(18)17-9-3-4-10-17/h13,15H,2-12H2,1H3. The molecule has 0 unspecified atom stereocenters. The second-order valence-corrected chi connectivity index (χ2v) is 5.61. The highest BCUT2D eigenvalue weighted by atomic mass is 16.2. The van der Waals surface area contributed by atoms with Crippen molar-refractivity contribution in [3.63, 3.8) is 0 Å². The molecule has 4 nitrogen and oxygen atoms in total. The van der Waals surface area contributed by atoms with Crippen molar-refractivity contribution in [2.45, 2.75) is 32.6 Å². The zero-order chi connectivity index (χ0) is 12.8. The fraction of sp³-hybridized carbons (Fsp3) is 0.929. The Morgan fingerprint density at radius 1 is 1.28 bits per heavy atom. The van der Waals surface area contributed by atoms with Gasteiger partial charge in [-0.2, -0.15) is 0 Å². The summed E-state index contributed by atoms with van der Waals surface area (Å²) in [5.74, 6) is 1.11. The Kier molecular flexibility index (Phi) is 5.45. The minimum absolute atomic E-state index is 0.336. The fourth-order valence-electron chi connectivity index (χ4n) is 2.99. The predicted molar refractivity (Wildman–Crippen MR) is 73.5 cm³/mol. The summed E-state index contributed by atoms with van der Waals surface area (Å²) in [7, 11) is 0. The molecule has 0 saturated carbocycles. The average molecular weight is 253 g/mol. The Morgan fingerprint density at radius 3 is 2.56 bits per heavy atom. The van der Waals surface area contributed by atoms with Crippen molar-refractivity contribution in [1.29, 1.82) is 0 Å². The van der Waals surface area contributed by atoms with E-state index in [0.29, 0.717) is 12.5 Å². The first-order valence-corrected chi connectivity index (χ1v) is 7.50. The number of hydrogen-bond donors (Lipinski definition) is 1. The molecule has 2 saturated heterocycles. The van der Waals surface area contributed by atoms with E-state index in [1.165, 1.54) is 25.7 Å². The number of likely N-dealkylation sites (tertiary alicyclic amines) is 1. The maximum Gasteiger partial charge on any atom is 0.236 e. The van der Waals surface area contributed by atoms with Crippen LogP contribution in [0.4, 0.5) is 0 Å². The van der Waals surface area contributed by atoms with Crippen molar-refractivity contribution in [2.24, 2.45) is 5.92 Å². The van der Waals surface area contributed by atoms with Crippen LogP contribution in [-0.4, -0.2) is 61.5 Å². The Morgan fingerprint density at radius 2 is 1.94 bits per heavy atom. The first-order chi connectivity index (χ1) is 8.79. The maximum absolute atomic E-state index is 12.1. The molecule has 104 valence electrons. The van der Waals surface area contributed by atoms with Crippen LogP contribution in [0.15, 0.2) is 0 Å². The number of amides is 1. The Bertz CT molecular complexity index is 258. The van der Waals surface area contributed by atoms with E-state index in [1.807, 2.05) is 4.90 Å². The third kappa shape index (κ3) is 3.95. The molecule has 0 aromatic carbocycles. The van der Waals surface area contributed by atoms with Crippen molar-refractivity contribution >= 4 is 5.91 Å². The van der Waals surface area contributed by atoms with Crippen molar-refractivity contribution in [3.05, 3.63) is 0 Å². The van der Waals surface area contributed by atoms with Crippen molar-refractivity contribution < 1.29 is 4.79 Å². The van der Waals surface area contributed by atoms with Crippen LogP contribution in [0.1, 0.15) is 32.6 Å². The molecule has 2 aliphatic heterocycles. The van der Waals surface area contributed by atoms with Gasteiger partial charge in [-0.1, -0.05) is 6.92 Å². The molecule has 2 rings (SSSR count). The van der Waals surface area contributed by atoms with Crippen molar-refractivity contribution in [2.75, 3.05) is 45.8 Å². The van der Waals surface area contributed by atoms with Gasteiger partial charge in [-0.05, 0) is 51.2 Å². The van der Waals surface area contributed by atoms with E-state index in [9.17, 15) is 4.79 Å². The predicted octanol–water partition coefficient (Wildman–Crippen LogP) is 0.930. The minimum Gasteiger partial charge on any atom is -0.342 e. The number of rotatable bonds is 5. The summed E-state index contributed by atoms with van der Waals surface area (Å²) in [5, 5.41) is 3.40. The van der Waals surface area contributed by atoms with E-state index in [0.717, 1.165) is 45.2 Å². The summed E-state index contributed by atoms with van der Waals surface area (Å²) in [6.45, 7) is 9.11. The number of carbonyl (C=O) groups excluding carboxylic acids is 1. The molecule has 1 amide bonds. The van der Waals surface area contributed by atoms with E-state index >= 15 is 0 Å². The van der Waals surface area contributed by atoms with Gasteiger partial charge in [0.05, 0.1) is 6.54 Å². The highest BCUT2D eigenvalue weighted by Gasteiger charge is 2.22. The Hall–Kier alpha value is -0.610. The van der Waals surface area contributed by atoms with Crippen molar-refractivity contribution in [3.8, 4) is 0 Å². The second-order valence-electron chi connectivity index (χ2n) is 5.61. The van der Waals surface area contributed by atoms with Crippen LogP contribution in [0.5, 0.6) is 0 Å². The zero-order valence-electron chi connectivity index (χ0n) is 11.7. The monoisotopic (exact) mass is 253 g/mol. The molecule has 0 aliphatic carbocycles. The van der Waals surface area contributed by atoms with E-state index < -0.39 is 0 Å². The molecule has 2 aliphatic rings. The third-order valence-corrected chi connectivity index (χ3v) is 4.24. The van der Waals surface area contributed by atoms with Gasteiger partial charge in [0.15, 0.2) is 0 Å². The van der Waals surface area contributed by atoms with Gasteiger partial charge in [-0.15, -0.1) is 0 Å². The lowest BCUT2D eigenvalue weighted by Crippen LogP contribution is -2.42. The molecule has 0 spiro atoms. The number of nitrogens with one attached hydrogen (secondary N) is 1. The SMILES string of the molecule is CCN(CC(=O)N1CCCC1)CC1CCNCC1. The van der Waals surface area contributed by atoms with Gasteiger partial charge in [-0.25, -0.2) is 0 Å². The first-order valence-electron chi connectivity index (χ1n) is 7.50. The van der Waals surface area contributed by atoms with E-state index in [-0.39, 0.29) is 0 Å². The summed E-state index contributed by atoms with van der Waals surface area (Å²) >= 11 is 0. The molecular formula is C14H27N3O. The van der Waals surface area contributed by atoms with Crippen LogP contribution in [0, 0.1) is 5.92 Å². The summed E-state index contributed by atoms with van der Waals surface area (Å²) < 4.78 is 0. The lowest BCUT2D eigenvalue weighted by Gasteiger charge is -2.30. The minimum atomic E-state index is 0.336. The van der Waals surface area contributed by atoms with E-state index in [1.54, 1.807) is 0 Å². The summed E-state index contributed by atoms with van der Waals surface area (Å²) in [5.41, 5.74) is 0. The smallest absolute Gasteiger partial charge is 0.236 e. The summed E-state index contributed by atoms with van der Waals surface area (Å²) in [6.07, 6.45) is 4.89. The quantitative estimate of drug-likeness (QED) is 0.792. The number of piperidine rings is 1. The van der Waals surface area contributed by atoms with Crippen LogP contribution < -0.4 is 5.32 Å². The van der Waals surface area contributed by atoms with Crippen molar-refractivity contribution in [1.82, 2.24) is 15.1 Å². The topological polar surface area (TPSA) is 35.6 Å². The normalized spacial score (nSPS) is 21.8. The van der Waals surface area contributed by atoms with Crippen LogP contribution in [0.25, 0.3) is 0 Å². The molecule has 0 radical (unpaired) electrons. The maximum atomic E-state index is 12.1. The highest BCUT2D eigenvalue weighted by molar-refractivity contribution is 5.78. The number of nitrogens with zero attached hydrogens (tertiary/aromatic N) is 2. The van der Waals surface area contributed by atoms with E-state index in [2.05, 4.69) is 17.1 Å². The Labute approximate surface area is 111 Å². The molecule has 2 heterocycles. The molecule has 0 atom stereocenters. The van der Waals surface area contributed by atoms with Crippen LogP contribution in [-0.2, 0) is 4.79 Å². The second kappa shape index (κ2) is 7.10. The lowest BCUT2D eigenvalue weighted by molar-refractivity contribution is -0.131. The highest BCUT2D eigenvalue weighted by Crippen LogP contribution is 2.14. The first kappa shape index (κ1) is 13.8.